The first-order chi connectivity index (χ1) is 11.4. The molecule has 0 radical (unpaired) electrons. The minimum absolute atomic E-state index is 0.0807. The van der Waals surface area contributed by atoms with E-state index in [0.717, 1.165) is 5.56 Å². The maximum Gasteiger partial charge on any atom is 0.242 e. The van der Waals surface area contributed by atoms with Gasteiger partial charge in [-0.2, -0.15) is 10.5 Å². The molecular formula is C18H14ClN3O2. The van der Waals surface area contributed by atoms with Crippen molar-refractivity contribution in [2.24, 2.45) is 5.92 Å². The SMILES string of the molecule is Cc1cc(Cl)cc(NC(=O)[C@@H](C#N)Cc2ccc(C#N)cc2)c1O. The van der Waals surface area contributed by atoms with Gasteiger partial charge in [0.1, 0.15) is 11.7 Å². The van der Waals surface area contributed by atoms with Crippen LogP contribution in [-0.4, -0.2) is 11.0 Å². The lowest BCUT2D eigenvalue weighted by Crippen LogP contribution is -2.23. The van der Waals surface area contributed by atoms with Gasteiger partial charge in [0.2, 0.25) is 5.91 Å². The van der Waals surface area contributed by atoms with Gasteiger partial charge < -0.3 is 10.4 Å². The molecule has 24 heavy (non-hydrogen) atoms. The predicted molar refractivity (Wildman–Crippen MR) is 90.4 cm³/mol. The molecule has 1 atom stereocenters. The van der Waals surface area contributed by atoms with E-state index in [-0.39, 0.29) is 17.9 Å². The molecule has 0 unspecified atom stereocenters. The van der Waals surface area contributed by atoms with Gasteiger partial charge in [-0.15, -0.1) is 0 Å². The zero-order valence-electron chi connectivity index (χ0n) is 12.9. The van der Waals surface area contributed by atoms with E-state index in [9.17, 15) is 15.2 Å². The fourth-order valence-electron chi connectivity index (χ4n) is 2.20. The van der Waals surface area contributed by atoms with E-state index in [0.29, 0.717) is 16.1 Å². The van der Waals surface area contributed by atoms with Crippen LogP contribution >= 0.6 is 11.6 Å². The molecule has 2 N–H and O–H groups in total. The van der Waals surface area contributed by atoms with Crippen molar-refractivity contribution >= 4 is 23.2 Å². The smallest absolute Gasteiger partial charge is 0.242 e. The Morgan fingerprint density at radius 2 is 1.96 bits per heavy atom. The van der Waals surface area contributed by atoms with Crippen molar-refractivity contribution in [3.05, 3.63) is 58.1 Å². The van der Waals surface area contributed by atoms with Gasteiger partial charge in [0.25, 0.3) is 0 Å². The Morgan fingerprint density at radius 1 is 1.29 bits per heavy atom. The molecule has 0 aromatic heterocycles. The number of nitriles is 2. The fraction of sp³-hybridized carbons (Fsp3) is 0.167. The number of benzene rings is 2. The number of rotatable bonds is 4. The molecule has 2 rings (SSSR count). The first-order valence-electron chi connectivity index (χ1n) is 7.13. The Bertz CT molecular complexity index is 848. The summed E-state index contributed by atoms with van der Waals surface area (Å²) >= 11 is 5.92. The van der Waals surface area contributed by atoms with Crippen LogP contribution in [0.5, 0.6) is 5.75 Å². The summed E-state index contributed by atoms with van der Waals surface area (Å²) < 4.78 is 0. The van der Waals surface area contributed by atoms with Gasteiger partial charge in [0, 0.05) is 5.02 Å². The number of carbonyl (C=O) groups is 1. The summed E-state index contributed by atoms with van der Waals surface area (Å²) in [5.41, 5.74) is 1.97. The number of carbonyl (C=O) groups excluding carboxylic acids is 1. The van der Waals surface area contributed by atoms with E-state index < -0.39 is 11.8 Å². The summed E-state index contributed by atoms with van der Waals surface area (Å²) in [6.07, 6.45) is 0.203. The summed E-state index contributed by atoms with van der Waals surface area (Å²) in [6.45, 7) is 1.66. The molecule has 120 valence electrons. The van der Waals surface area contributed by atoms with Crippen LogP contribution in [0.15, 0.2) is 36.4 Å². The van der Waals surface area contributed by atoms with Crippen LogP contribution in [-0.2, 0) is 11.2 Å². The molecule has 2 aromatic rings. The third kappa shape index (κ3) is 4.04. The van der Waals surface area contributed by atoms with Crippen LogP contribution in [0.25, 0.3) is 0 Å². The van der Waals surface area contributed by atoms with Crippen LogP contribution < -0.4 is 5.32 Å². The second-order valence-corrected chi connectivity index (χ2v) is 5.74. The number of phenols is 1. The first kappa shape index (κ1) is 17.3. The highest BCUT2D eigenvalue weighted by Crippen LogP contribution is 2.31. The Labute approximate surface area is 144 Å². The van der Waals surface area contributed by atoms with Crippen molar-refractivity contribution in [3.8, 4) is 17.9 Å². The molecule has 1 amide bonds. The van der Waals surface area contributed by atoms with E-state index in [1.165, 1.54) is 6.07 Å². The number of halogens is 1. The maximum absolute atomic E-state index is 12.3. The van der Waals surface area contributed by atoms with Crippen molar-refractivity contribution in [1.29, 1.82) is 10.5 Å². The lowest BCUT2D eigenvalue weighted by atomic mass is 9.99. The first-order valence-corrected chi connectivity index (χ1v) is 7.51. The number of hydrogen-bond donors (Lipinski definition) is 2. The van der Waals surface area contributed by atoms with Gasteiger partial charge in [-0.3, -0.25) is 4.79 Å². The molecule has 6 heteroatoms. The standard InChI is InChI=1S/C18H14ClN3O2/c1-11-6-15(19)8-16(17(11)23)22-18(24)14(10-21)7-12-2-4-13(9-20)5-3-12/h2-6,8,14,23H,7H2,1H3,(H,22,24)/t14-/m1/s1. The number of aryl methyl sites for hydroxylation is 1. The zero-order chi connectivity index (χ0) is 17.7. The van der Waals surface area contributed by atoms with Crippen molar-refractivity contribution in [3.63, 3.8) is 0 Å². The van der Waals surface area contributed by atoms with E-state index in [1.807, 2.05) is 12.1 Å². The van der Waals surface area contributed by atoms with Crippen molar-refractivity contribution < 1.29 is 9.90 Å². The molecule has 0 saturated heterocycles. The predicted octanol–water partition coefficient (Wildman–Crippen LogP) is 3.55. The molecule has 0 saturated carbocycles. The van der Waals surface area contributed by atoms with E-state index >= 15 is 0 Å². The second kappa shape index (κ2) is 7.50. The molecule has 0 fully saturated rings. The van der Waals surface area contributed by atoms with Gasteiger partial charge in [0.05, 0.1) is 23.4 Å². The van der Waals surface area contributed by atoms with Crippen LogP contribution in [0.4, 0.5) is 5.69 Å². The highest BCUT2D eigenvalue weighted by molar-refractivity contribution is 6.31. The van der Waals surface area contributed by atoms with E-state index in [1.54, 1.807) is 37.3 Å². The highest BCUT2D eigenvalue weighted by Gasteiger charge is 2.20. The summed E-state index contributed by atoms with van der Waals surface area (Å²) in [4.78, 5) is 12.3. The third-order valence-corrected chi connectivity index (χ3v) is 3.74. The van der Waals surface area contributed by atoms with E-state index in [2.05, 4.69) is 5.32 Å². The number of amides is 1. The highest BCUT2D eigenvalue weighted by atomic mass is 35.5. The Hall–Kier alpha value is -3.02. The molecule has 0 aliphatic carbocycles. The summed E-state index contributed by atoms with van der Waals surface area (Å²) in [5, 5.41) is 30.9. The van der Waals surface area contributed by atoms with E-state index in [4.69, 9.17) is 16.9 Å². The lowest BCUT2D eigenvalue weighted by molar-refractivity contribution is -0.118. The van der Waals surface area contributed by atoms with Gasteiger partial charge in [-0.05, 0) is 48.7 Å². The van der Waals surface area contributed by atoms with Crippen LogP contribution in [0.1, 0.15) is 16.7 Å². The number of anilines is 1. The number of phenolic OH excluding ortho intramolecular Hbond substituents is 1. The summed E-state index contributed by atoms with van der Waals surface area (Å²) in [7, 11) is 0. The minimum Gasteiger partial charge on any atom is -0.505 e. The third-order valence-electron chi connectivity index (χ3n) is 3.52. The molecule has 2 aromatic carbocycles. The largest absolute Gasteiger partial charge is 0.505 e. The lowest BCUT2D eigenvalue weighted by Gasteiger charge is -2.13. The normalized spacial score (nSPS) is 11.2. The van der Waals surface area contributed by atoms with Gasteiger partial charge in [-0.25, -0.2) is 0 Å². The minimum atomic E-state index is -0.934. The maximum atomic E-state index is 12.3. The summed E-state index contributed by atoms with van der Waals surface area (Å²) in [6, 6.07) is 13.6. The number of nitrogens with zero attached hydrogens (tertiary/aromatic N) is 2. The topological polar surface area (TPSA) is 96.9 Å². The molecule has 0 aliphatic rings. The van der Waals surface area contributed by atoms with Gasteiger partial charge in [0.15, 0.2) is 0 Å². The molecule has 0 bridgehead atoms. The molecule has 0 heterocycles. The number of hydrogen-bond acceptors (Lipinski definition) is 4. The molecule has 5 nitrogen and oxygen atoms in total. The zero-order valence-corrected chi connectivity index (χ0v) is 13.6. The molecule has 0 spiro atoms. The average molecular weight is 340 g/mol. The van der Waals surface area contributed by atoms with Gasteiger partial charge in [-0.1, -0.05) is 23.7 Å². The van der Waals surface area contributed by atoms with Gasteiger partial charge >= 0.3 is 0 Å². The fourth-order valence-corrected chi connectivity index (χ4v) is 2.47. The van der Waals surface area contributed by atoms with Crippen LogP contribution in [0.2, 0.25) is 5.02 Å². The Balaban J connectivity index is 2.15. The Kier molecular flexibility index (Phi) is 5.42. The van der Waals surface area contributed by atoms with Crippen LogP contribution in [0, 0.1) is 35.5 Å². The second-order valence-electron chi connectivity index (χ2n) is 5.30. The van der Waals surface area contributed by atoms with Crippen molar-refractivity contribution in [2.75, 3.05) is 5.32 Å². The number of nitrogens with one attached hydrogen (secondary N) is 1. The van der Waals surface area contributed by atoms with Crippen LogP contribution in [0.3, 0.4) is 0 Å². The Morgan fingerprint density at radius 3 is 2.54 bits per heavy atom. The van der Waals surface area contributed by atoms with Crippen molar-refractivity contribution in [2.45, 2.75) is 13.3 Å². The summed E-state index contributed by atoms with van der Waals surface area (Å²) in [5.74, 6) is -1.54. The quantitative estimate of drug-likeness (QED) is 0.832. The monoisotopic (exact) mass is 339 g/mol. The van der Waals surface area contributed by atoms with Crippen molar-refractivity contribution in [1.82, 2.24) is 0 Å². The molecular weight excluding hydrogens is 326 g/mol. The average Bonchev–Trinajstić information content (AvgIpc) is 2.57. The molecule has 0 aliphatic heterocycles. The number of aromatic hydroxyl groups is 1.